The molecular formula is C17H23N3. The summed E-state index contributed by atoms with van der Waals surface area (Å²) in [5.41, 5.74) is 2.31. The number of nitrogens with one attached hydrogen (secondary N) is 1. The normalized spacial score (nSPS) is 17.4. The minimum Gasteiger partial charge on any atom is -0.309 e. The van der Waals surface area contributed by atoms with Gasteiger partial charge in [0.15, 0.2) is 0 Å². The van der Waals surface area contributed by atoms with Crippen LogP contribution in [0.5, 0.6) is 0 Å². The minimum absolute atomic E-state index is 0.410. The molecular weight excluding hydrogens is 246 g/mol. The molecule has 0 spiro atoms. The van der Waals surface area contributed by atoms with E-state index in [2.05, 4.69) is 48.8 Å². The van der Waals surface area contributed by atoms with Crippen LogP contribution in [0.3, 0.4) is 0 Å². The average Bonchev–Trinajstić information content (AvgIpc) is 3.17. The van der Waals surface area contributed by atoms with Crippen molar-refractivity contribution in [2.75, 3.05) is 6.54 Å². The first-order chi connectivity index (χ1) is 9.88. The quantitative estimate of drug-likeness (QED) is 0.896. The molecule has 106 valence electrons. The number of hydrogen-bond donors (Lipinski definition) is 1. The third-order valence-corrected chi connectivity index (χ3v) is 4.24. The zero-order chi connectivity index (χ0) is 13.8. The summed E-state index contributed by atoms with van der Waals surface area (Å²) in [6.07, 6.45) is 7.47. The van der Waals surface area contributed by atoms with E-state index in [0.717, 1.165) is 18.2 Å². The maximum absolute atomic E-state index is 4.80. The molecule has 3 heteroatoms. The van der Waals surface area contributed by atoms with Crippen LogP contribution in [0.1, 0.15) is 44.3 Å². The fraction of sp³-hybridized carbons (Fsp3) is 0.471. The number of benzene rings is 1. The lowest BCUT2D eigenvalue weighted by atomic mass is 9.95. The van der Waals surface area contributed by atoms with Gasteiger partial charge in [-0.15, -0.1) is 0 Å². The fourth-order valence-corrected chi connectivity index (χ4v) is 3.25. The van der Waals surface area contributed by atoms with Crippen LogP contribution < -0.4 is 5.32 Å². The Morgan fingerprint density at radius 3 is 2.65 bits per heavy atom. The highest BCUT2D eigenvalue weighted by Gasteiger charge is 2.27. The van der Waals surface area contributed by atoms with Crippen LogP contribution in [-0.4, -0.2) is 16.3 Å². The first kappa shape index (κ1) is 13.4. The van der Waals surface area contributed by atoms with Gasteiger partial charge in [-0.1, -0.05) is 38.0 Å². The van der Waals surface area contributed by atoms with Gasteiger partial charge in [0.05, 0.1) is 17.4 Å². The summed E-state index contributed by atoms with van der Waals surface area (Å²) in [5, 5.41) is 8.43. The van der Waals surface area contributed by atoms with Gasteiger partial charge in [0, 0.05) is 6.20 Å². The zero-order valence-corrected chi connectivity index (χ0v) is 12.1. The Hall–Kier alpha value is -1.61. The lowest BCUT2D eigenvalue weighted by molar-refractivity contribution is 0.366. The van der Waals surface area contributed by atoms with Crippen molar-refractivity contribution in [2.24, 2.45) is 5.92 Å². The average molecular weight is 269 g/mol. The number of rotatable bonds is 5. The molecule has 1 aliphatic carbocycles. The smallest absolute Gasteiger partial charge is 0.0801 e. The molecule has 0 amide bonds. The van der Waals surface area contributed by atoms with Crippen LogP contribution in [0.15, 0.2) is 42.6 Å². The summed E-state index contributed by atoms with van der Waals surface area (Å²) < 4.78 is 1.98. The van der Waals surface area contributed by atoms with Gasteiger partial charge in [-0.3, -0.25) is 0 Å². The van der Waals surface area contributed by atoms with Crippen molar-refractivity contribution in [3.8, 4) is 5.69 Å². The van der Waals surface area contributed by atoms with Crippen molar-refractivity contribution in [1.29, 1.82) is 0 Å². The van der Waals surface area contributed by atoms with Gasteiger partial charge in [-0.2, -0.15) is 5.10 Å². The minimum atomic E-state index is 0.410. The summed E-state index contributed by atoms with van der Waals surface area (Å²) in [6, 6.07) is 12.9. The molecule has 1 saturated carbocycles. The highest BCUT2D eigenvalue weighted by Crippen LogP contribution is 2.35. The monoisotopic (exact) mass is 269 g/mol. The van der Waals surface area contributed by atoms with Crippen molar-refractivity contribution in [1.82, 2.24) is 15.1 Å². The molecule has 2 aromatic rings. The van der Waals surface area contributed by atoms with E-state index in [4.69, 9.17) is 5.10 Å². The van der Waals surface area contributed by atoms with E-state index in [1.807, 2.05) is 10.7 Å². The van der Waals surface area contributed by atoms with E-state index >= 15 is 0 Å². The maximum atomic E-state index is 4.80. The molecule has 1 atom stereocenters. The molecule has 0 bridgehead atoms. The lowest BCUT2D eigenvalue weighted by Crippen LogP contribution is -2.27. The number of aromatic nitrogens is 2. The standard InChI is InChI=1S/C17H23N3/c1-2-18-17(14-8-6-7-9-14)16-12-13-20(19-16)15-10-4-3-5-11-15/h3-5,10-14,17-18H,2,6-9H2,1H3. The van der Waals surface area contributed by atoms with Gasteiger partial charge >= 0.3 is 0 Å². The van der Waals surface area contributed by atoms with Crippen molar-refractivity contribution < 1.29 is 0 Å². The molecule has 3 nitrogen and oxygen atoms in total. The molecule has 1 aliphatic rings. The molecule has 1 heterocycles. The zero-order valence-electron chi connectivity index (χ0n) is 12.1. The van der Waals surface area contributed by atoms with Gasteiger partial charge in [-0.25, -0.2) is 4.68 Å². The number of nitrogens with zero attached hydrogens (tertiary/aromatic N) is 2. The molecule has 0 aliphatic heterocycles. The Bertz CT molecular complexity index is 526. The van der Waals surface area contributed by atoms with Crippen molar-refractivity contribution in [2.45, 2.75) is 38.6 Å². The topological polar surface area (TPSA) is 29.9 Å². The van der Waals surface area contributed by atoms with Crippen molar-refractivity contribution in [3.63, 3.8) is 0 Å². The summed E-state index contributed by atoms with van der Waals surface area (Å²) in [5.74, 6) is 0.745. The Kier molecular flexibility index (Phi) is 4.16. The van der Waals surface area contributed by atoms with E-state index < -0.39 is 0 Å². The summed E-state index contributed by atoms with van der Waals surface area (Å²) in [6.45, 7) is 3.18. The molecule has 1 unspecified atom stereocenters. The predicted octanol–water partition coefficient (Wildman–Crippen LogP) is 3.71. The van der Waals surface area contributed by atoms with Gasteiger partial charge in [0.25, 0.3) is 0 Å². The molecule has 0 radical (unpaired) electrons. The molecule has 0 saturated heterocycles. The van der Waals surface area contributed by atoms with E-state index in [1.165, 1.54) is 31.4 Å². The van der Waals surface area contributed by atoms with Crippen LogP contribution in [0.25, 0.3) is 5.69 Å². The lowest BCUT2D eigenvalue weighted by Gasteiger charge is -2.22. The molecule has 3 rings (SSSR count). The third kappa shape index (κ3) is 2.78. The second-order valence-electron chi connectivity index (χ2n) is 5.60. The number of hydrogen-bond acceptors (Lipinski definition) is 2. The van der Waals surface area contributed by atoms with Gasteiger partial charge < -0.3 is 5.32 Å². The van der Waals surface area contributed by atoms with Crippen LogP contribution in [-0.2, 0) is 0 Å². The highest BCUT2D eigenvalue weighted by atomic mass is 15.3. The van der Waals surface area contributed by atoms with Crippen LogP contribution in [0.2, 0.25) is 0 Å². The maximum Gasteiger partial charge on any atom is 0.0801 e. The third-order valence-electron chi connectivity index (χ3n) is 4.24. The largest absolute Gasteiger partial charge is 0.309 e. The van der Waals surface area contributed by atoms with Gasteiger partial charge in [0.1, 0.15) is 0 Å². The van der Waals surface area contributed by atoms with E-state index in [1.54, 1.807) is 0 Å². The van der Waals surface area contributed by atoms with Gasteiger partial charge in [-0.05, 0) is 43.5 Å². The Morgan fingerprint density at radius 1 is 1.20 bits per heavy atom. The van der Waals surface area contributed by atoms with Crippen LogP contribution in [0.4, 0.5) is 0 Å². The van der Waals surface area contributed by atoms with E-state index in [0.29, 0.717) is 6.04 Å². The Morgan fingerprint density at radius 2 is 1.95 bits per heavy atom. The predicted molar refractivity (Wildman–Crippen MR) is 81.9 cm³/mol. The number of para-hydroxylation sites is 1. The first-order valence-corrected chi connectivity index (χ1v) is 7.73. The summed E-state index contributed by atoms with van der Waals surface area (Å²) in [7, 11) is 0. The molecule has 1 aromatic heterocycles. The van der Waals surface area contributed by atoms with E-state index in [-0.39, 0.29) is 0 Å². The molecule has 1 N–H and O–H groups in total. The van der Waals surface area contributed by atoms with E-state index in [9.17, 15) is 0 Å². The van der Waals surface area contributed by atoms with Crippen molar-refractivity contribution >= 4 is 0 Å². The summed E-state index contributed by atoms with van der Waals surface area (Å²) in [4.78, 5) is 0. The highest BCUT2D eigenvalue weighted by molar-refractivity contribution is 5.30. The Labute approximate surface area is 121 Å². The second kappa shape index (κ2) is 6.23. The van der Waals surface area contributed by atoms with Crippen LogP contribution >= 0.6 is 0 Å². The fourth-order valence-electron chi connectivity index (χ4n) is 3.25. The summed E-state index contributed by atoms with van der Waals surface area (Å²) >= 11 is 0. The first-order valence-electron chi connectivity index (χ1n) is 7.73. The Balaban J connectivity index is 1.83. The second-order valence-corrected chi connectivity index (χ2v) is 5.60. The molecule has 20 heavy (non-hydrogen) atoms. The molecule has 1 aromatic carbocycles. The molecule has 1 fully saturated rings. The van der Waals surface area contributed by atoms with Crippen LogP contribution in [0, 0.1) is 5.92 Å². The van der Waals surface area contributed by atoms with Gasteiger partial charge in [0.2, 0.25) is 0 Å². The van der Waals surface area contributed by atoms with Crippen molar-refractivity contribution in [3.05, 3.63) is 48.3 Å². The SMILES string of the molecule is CCNC(c1ccn(-c2ccccc2)n1)C1CCCC1.